The largest absolute Gasteiger partial charge is 0.868 e. The molecule has 0 saturated heterocycles. The molecule has 1 aromatic rings. The summed E-state index contributed by atoms with van der Waals surface area (Å²) in [6.07, 6.45) is -1.35. The van der Waals surface area contributed by atoms with Gasteiger partial charge in [-0.1, -0.05) is 0 Å². The Hall–Kier alpha value is -2.55. The van der Waals surface area contributed by atoms with Crippen LogP contribution < -0.4 is 15.9 Å². The van der Waals surface area contributed by atoms with Crippen LogP contribution in [0.15, 0.2) is 0 Å². The fraction of sp³-hybridized carbons (Fsp3) is 0.125. The zero-order chi connectivity index (χ0) is 13.3. The van der Waals surface area contributed by atoms with E-state index in [0.29, 0.717) is 0 Å². The number of nitrogens with zero attached hydrogens (tertiary/aromatic N) is 1. The lowest BCUT2D eigenvalue weighted by Crippen LogP contribution is -2.27. The summed E-state index contributed by atoms with van der Waals surface area (Å²) in [7, 11) is 0.928. The van der Waals surface area contributed by atoms with Crippen molar-refractivity contribution >= 4 is 17.5 Å². The van der Waals surface area contributed by atoms with Gasteiger partial charge in [0.1, 0.15) is 5.69 Å². The molecular formula is C8H9N2O7-. The minimum Gasteiger partial charge on any atom is -0.868 e. The summed E-state index contributed by atoms with van der Waals surface area (Å²) in [4.78, 5) is 11.0. The van der Waals surface area contributed by atoms with Crippen molar-refractivity contribution in [3.8, 4) is 23.0 Å². The quantitative estimate of drug-likeness (QED) is 0.144. The Kier molecular flexibility index (Phi) is 3.05. The molecular weight excluding hydrogens is 236 g/mol. The van der Waals surface area contributed by atoms with Gasteiger partial charge in [0.2, 0.25) is 5.75 Å². The Labute approximate surface area is 94.5 Å². The van der Waals surface area contributed by atoms with Gasteiger partial charge in [-0.2, -0.15) is 0 Å². The summed E-state index contributed by atoms with van der Waals surface area (Å²) in [6, 6.07) is 0. The van der Waals surface area contributed by atoms with Gasteiger partial charge >= 0.3 is 6.09 Å². The van der Waals surface area contributed by atoms with Crippen molar-refractivity contribution in [2.45, 2.75) is 0 Å². The number of rotatable bonds is 1. The van der Waals surface area contributed by atoms with Crippen LogP contribution in [0.2, 0.25) is 0 Å². The second kappa shape index (κ2) is 4.14. The number of nitrogens with two attached hydrogens (primary N) is 1. The molecule has 0 fully saturated rings. The molecule has 0 atom stereocenters. The molecule has 1 rings (SSSR count). The average molecular weight is 245 g/mol. The smallest absolute Gasteiger partial charge is 0.438 e. The molecule has 1 amide bonds. The Morgan fingerprint density at radius 3 is 2.29 bits per heavy atom. The minimum absolute atomic E-state index is 0.273. The molecule has 94 valence electrons. The highest BCUT2D eigenvalue weighted by atomic mass is 16.6. The predicted molar refractivity (Wildman–Crippen MR) is 52.0 cm³/mol. The molecule has 0 radical (unpaired) electrons. The number of aromatic hydroxyl groups is 3. The van der Waals surface area contributed by atoms with Gasteiger partial charge in [-0.05, 0) is 5.75 Å². The van der Waals surface area contributed by atoms with E-state index in [9.17, 15) is 20.2 Å². The normalized spacial score (nSPS) is 10.0. The van der Waals surface area contributed by atoms with E-state index >= 15 is 0 Å². The number of carbonyl (C=O) groups excluding carboxylic acids is 1. The topological polar surface area (TPSA) is 160 Å². The second-order valence-electron chi connectivity index (χ2n) is 2.92. The maximum absolute atomic E-state index is 11.2. The van der Waals surface area contributed by atoms with E-state index in [4.69, 9.17) is 15.9 Å². The highest BCUT2D eigenvalue weighted by Gasteiger charge is 2.25. The number of phenols is 3. The number of hydroxylamine groups is 1. The number of amides is 1. The molecule has 1 aromatic carbocycles. The number of ether oxygens (including phenoxy) is 1. The SMILES string of the molecule is COC(=O)N(O)c1c(N)c([O-])c(O)c(O)c1O. The average Bonchev–Trinajstić information content (AvgIpc) is 2.32. The fourth-order valence-electron chi connectivity index (χ4n) is 1.09. The molecule has 0 aromatic heterocycles. The van der Waals surface area contributed by atoms with Crippen molar-refractivity contribution < 1.29 is 35.2 Å². The van der Waals surface area contributed by atoms with Gasteiger partial charge in [0, 0.05) is 0 Å². The molecule has 6 N–H and O–H groups in total. The number of nitrogen functional groups attached to an aromatic ring is 1. The molecule has 0 aliphatic heterocycles. The molecule has 0 bridgehead atoms. The predicted octanol–water partition coefficient (Wildman–Crippen LogP) is -0.579. The number of methoxy groups -OCH3 is 1. The van der Waals surface area contributed by atoms with Crippen LogP contribution in [0.3, 0.4) is 0 Å². The molecule has 17 heavy (non-hydrogen) atoms. The van der Waals surface area contributed by atoms with E-state index in [-0.39, 0.29) is 5.06 Å². The van der Waals surface area contributed by atoms with Crippen LogP contribution in [0, 0.1) is 0 Å². The number of hydrogen-bond acceptors (Lipinski definition) is 8. The van der Waals surface area contributed by atoms with Crippen LogP contribution in [0.25, 0.3) is 0 Å². The Bertz CT molecular complexity index is 444. The number of carbonyl (C=O) groups is 1. The third kappa shape index (κ3) is 1.78. The second-order valence-corrected chi connectivity index (χ2v) is 2.92. The first-order chi connectivity index (χ1) is 7.82. The molecule has 0 aliphatic rings. The van der Waals surface area contributed by atoms with Crippen LogP contribution in [0.5, 0.6) is 23.0 Å². The lowest BCUT2D eigenvalue weighted by molar-refractivity contribution is -0.269. The molecule has 0 spiro atoms. The van der Waals surface area contributed by atoms with Gasteiger partial charge in [-0.15, -0.1) is 5.06 Å². The molecule has 0 aliphatic carbocycles. The number of benzene rings is 1. The summed E-state index contributed by atoms with van der Waals surface area (Å²) in [6.45, 7) is 0. The maximum Gasteiger partial charge on any atom is 0.438 e. The maximum atomic E-state index is 11.2. The zero-order valence-corrected chi connectivity index (χ0v) is 8.54. The standard InChI is InChI=1S/C8H10N2O7/c1-17-8(15)10(16)3-2(9)4(11)6(13)7(14)5(3)12/h11-14,16H,9H2,1H3/p-1. The van der Waals surface area contributed by atoms with Crippen LogP contribution in [0.1, 0.15) is 0 Å². The van der Waals surface area contributed by atoms with Gasteiger partial charge in [0.05, 0.1) is 12.8 Å². The summed E-state index contributed by atoms with van der Waals surface area (Å²) in [5, 5.41) is 47.8. The molecule has 0 saturated carbocycles. The van der Waals surface area contributed by atoms with Gasteiger partial charge in [0.25, 0.3) is 0 Å². The van der Waals surface area contributed by atoms with E-state index in [1.165, 1.54) is 0 Å². The minimum atomic E-state index is -1.35. The molecule has 9 nitrogen and oxygen atoms in total. The van der Waals surface area contributed by atoms with E-state index in [0.717, 1.165) is 7.11 Å². The van der Waals surface area contributed by atoms with Crippen molar-refractivity contribution in [2.75, 3.05) is 17.9 Å². The van der Waals surface area contributed by atoms with E-state index in [1.807, 2.05) is 0 Å². The van der Waals surface area contributed by atoms with Crippen LogP contribution >= 0.6 is 0 Å². The van der Waals surface area contributed by atoms with Crippen molar-refractivity contribution in [3.63, 3.8) is 0 Å². The van der Waals surface area contributed by atoms with Gasteiger partial charge in [-0.25, -0.2) is 4.79 Å². The molecule has 0 heterocycles. The van der Waals surface area contributed by atoms with Crippen molar-refractivity contribution in [1.29, 1.82) is 0 Å². The summed E-state index contributed by atoms with van der Waals surface area (Å²) < 4.78 is 4.11. The van der Waals surface area contributed by atoms with E-state index < -0.39 is 40.5 Å². The highest BCUT2D eigenvalue weighted by molar-refractivity contribution is 5.96. The van der Waals surface area contributed by atoms with Gasteiger partial charge < -0.3 is 30.9 Å². The van der Waals surface area contributed by atoms with Crippen molar-refractivity contribution in [2.24, 2.45) is 0 Å². The molecule has 9 heteroatoms. The van der Waals surface area contributed by atoms with Crippen LogP contribution in [0.4, 0.5) is 16.2 Å². The summed E-state index contributed by atoms with van der Waals surface area (Å²) in [5.74, 6) is -4.78. The first-order valence-electron chi connectivity index (χ1n) is 4.13. The first-order valence-corrected chi connectivity index (χ1v) is 4.13. The third-order valence-electron chi connectivity index (χ3n) is 1.95. The highest BCUT2D eigenvalue weighted by Crippen LogP contribution is 2.51. The van der Waals surface area contributed by atoms with E-state index in [1.54, 1.807) is 0 Å². The lowest BCUT2D eigenvalue weighted by atomic mass is 10.2. The Balaban J connectivity index is 3.49. The lowest BCUT2D eigenvalue weighted by Gasteiger charge is -2.22. The number of phenolic OH excluding ortho intramolecular Hbond substituents is 3. The summed E-state index contributed by atoms with van der Waals surface area (Å²) in [5.41, 5.74) is 3.49. The summed E-state index contributed by atoms with van der Waals surface area (Å²) >= 11 is 0. The molecule has 0 unspecified atom stereocenters. The number of hydrogen-bond donors (Lipinski definition) is 5. The van der Waals surface area contributed by atoms with Crippen LogP contribution in [-0.4, -0.2) is 33.7 Å². The van der Waals surface area contributed by atoms with E-state index in [2.05, 4.69) is 4.74 Å². The Morgan fingerprint density at radius 2 is 1.82 bits per heavy atom. The van der Waals surface area contributed by atoms with Crippen molar-refractivity contribution in [3.05, 3.63) is 0 Å². The fourth-order valence-corrected chi connectivity index (χ4v) is 1.09. The monoisotopic (exact) mass is 245 g/mol. The third-order valence-corrected chi connectivity index (χ3v) is 1.95. The Morgan fingerprint density at radius 1 is 1.29 bits per heavy atom. The zero-order valence-electron chi connectivity index (χ0n) is 8.54. The van der Waals surface area contributed by atoms with Gasteiger partial charge in [0.15, 0.2) is 11.5 Å². The van der Waals surface area contributed by atoms with Crippen molar-refractivity contribution in [1.82, 2.24) is 0 Å². The number of anilines is 2. The first kappa shape index (κ1) is 12.5. The van der Waals surface area contributed by atoms with Crippen LogP contribution in [-0.2, 0) is 4.74 Å². The van der Waals surface area contributed by atoms with Gasteiger partial charge in [-0.3, -0.25) is 5.21 Å².